The van der Waals surface area contributed by atoms with Gasteiger partial charge in [-0.05, 0) is 23.8 Å². The Kier molecular flexibility index (Phi) is 2.09. The summed E-state index contributed by atoms with van der Waals surface area (Å²) < 4.78 is 0. The van der Waals surface area contributed by atoms with Crippen LogP contribution < -0.4 is 11.5 Å². The lowest BCUT2D eigenvalue weighted by molar-refractivity contribution is 1.07. The molecule has 0 spiro atoms. The molecule has 56 valence electrons. The Hall–Kier alpha value is -1.53. The van der Waals surface area contributed by atoms with Crippen LogP contribution in [0.3, 0.4) is 0 Å². The summed E-state index contributed by atoms with van der Waals surface area (Å²) in [7, 11) is 0. The van der Waals surface area contributed by atoms with E-state index >= 15 is 0 Å². The lowest BCUT2D eigenvalue weighted by atomic mass is 10.1. The summed E-state index contributed by atoms with van der Waals surface area (Å²) in [5.74, 6) is 0. The van der Waals surface area contributed by atoms with Crippen LogP contribution in [0.25, 0.3) is 0 Å². The maximum atomic E-state index is 8.54. The lowest BCUT2D eigenvalue weighted by Gasteiger charge is -1.98. The maximum Gasteiger partial charge on any atom is 0.0992 e. The number of benzene rings is 1. The number of hydrogen-bond acceptors (Lipinski definition) is 3. The summed E-state index contributed by atoms with van der Waals surface area (Å²) in [6, 6.07) is 7.13. The first-order valence-corrected chi connectivity index (χ1v) is 3.26. The first kappa shape index (κ1) is 7.58. The summed E-state index contributed by atoms with van der Waals surface area (Å²) in [5, 5.41) is 8.54. The van der Waals surface area contributed by atoms with Crippen molar-refractivity contribution in [2.45, 2.75) is 6.54 Å². The fourth-order valence-electron chi connectivity index (χ4n) is 0.901. The van der Waals surface area contributed by atoms with Gasteiger partial charge in [0.2, 0.25) is 0 Å². The van der Waals surface area contributed by atoms with Gasteiger partial charge in [-0.2, -0.15) is 5.26 Å². The largest absolute Gasteiger partial charge is 0.399 e. The van der Waals surface area contributed by atoms with Gasteiger partial charge in [-0.1, -0.05) is 0 Å². The summed E-state index contributed by atoms with van der Waals surface area (Å²) in [5.41, 5.74) is 12.9. The number of hydrogen-bond donors (Lipinski definition) is 2. The second-order valence-electron chi connectivity index (χ2n) is 2.28. The molecular weight excluding hydrogens is 138 g/mol. The number of rotatable bonds is 1. The predicted molar refractivity (Wildman–Crippen MR) is 43.5 cm³/mol. The van der Waals surface area contributed by atoms with Crippen LogP contribution in [-0.4, -0.2) is 0 Å². The molecule has 0 atom stereocenters. The van der Waals surface area contributed by atoms with Crippen molar-refractivity contribution in [3.8, 4) is 6.07 Å². The fourth-order valence-corrected chi connectivity index (χ4v) is 0.901. The SMILES string of the molecule is N#Cc1cc(N)cc(CN)c1. The van der Waals surface area contributed by atoms with Crippen molar-refractivity contribution in [2.24, 2.45) is 5.73 Å². The van der Waals surface area contributed by atoms with Crippen molar-refractivity contribution in [3.05, 3.63) is 29.3 Å². The summed E-state index contributed by atoms with van der Waals surface area (Å²) in [4.78, 5) is 0. The molecule has 0 aliphatic rings. The first-order valence-electron chi connectivity index (χ1n) is 3.26. The van der Waals surface area contributed by atoms with Crippen LogP contribution >= 0.6 is 0 Å². The number of anilines is 1. The molecule has 11 heavy (non-hydrogen) atoms. The van der Waals surface area contributed by atoms with Crippen LogP contribution in [0.4, 0.5) is 5.69 Å². The van der Waals surface area contributed by atoms with Crippen molar-refractivity contribution in [3.63, 3.8) is 0 Å². The van der Waals surface area contributed by atoms with Gasteiger partial charge in [-0.25, -0.2) is 0 Å². The molecule has 0 aliphatic carbocycles. The monoisotopic (exact) mass is 147 g/mol. The molecule has 0 heterocycles. The highest BCUT2D eigenvalue weighted by Gasteiger charge is 1.95. The van der Waals surface area contributed by atoms with E-state index in [0.29, 0.717) is 17.8 Å². The summed E-state index contributed by atoms with van der Waals surface area (Å²) >= 11 is 0. The molecular formula is C8H9N3. The van der Waals surface area contributed by atoms with Gasteiger partial charge < -0.3 is 11.5 Å². The molecule has 0 unspecified atom stereocenters. The van der Waals surface area contributed by atoms with Crippen molar-refractivity contribution in [1.82, 2.24) is 0 Å². The standard InChI is InChI=1S/C8H9N3/c9-4-6-1-7(5-10)3-8(11)2-6/h1-3H,4,9,11H2. The number of nitriles is 1. The smallest absolute Gasteiger partial charge is 0.0992 e. The van der Waals surface area contributed by atoms with E-state index in [4.69, 9.17) is 16.7 Å². The zero-order valence-electron chi connectivity index (χ0n) is 6.04. The third-order valence-electron chi connectivity index (χ3n) is 1.38. The molecule has 0 aromatic heterocycles. The predicted octanol–water partition coefficient (Wildman–Crippen LogP) is 0.599. The minimum atomic E-state index is 0.416. The van der Waals surface area contributed by atoms with E-state index in [2.05, 4.69) is 0 Å². The van der Waals surface area contributed by atoms with Gasteiger partial charge in [-0.15, -0.1) is 0 Å². The average Bonchev–Trinajstić information content (AvgIpc) is 2.03. The molecule has 3 heteroatoms. The molecule has 0 radical (unpaired) electrons. The Bertz CT molecular complexity index is 299. The Morgan fingerprint density at radius 2 is 2.09 bits per heavy atom. The third-order valence-corrected chi connectivity index (χ3v) is 1.38. The van der Waals surface area contributed by atoms with Crippen LogP contribution in [0.15, 0.2) is 18.2 Å². The van der Waals surface area contributed by atoms with Gasteiger partial charge in [-0.3, -0.25) is 0 Å². The highest BCUT2D eigenvalue weighted by atomic mass is 14.6. The molecule has 3 nitrogen and oxygen atoms in total. The minimum Gasteiger partial charge on any atom is -0.399 e. The lowest BCUT2D eigenvalue weighted by Crippen LogP contribution is -1.98. The van der Waals surface area contributed by atoms with Crippen molar-refractivity contribution in [1.29, 1.82) is 5.26 Å². The molecule has 0 saturated heterocycles. The van der Waals surface area contributed by atoms with Gasteiger partial charge in [0.25, 0.3) is 0 Å². The first-order chi connectivity index (χ1) is 5.26. The van der Waals surface area contributed by atoms with E-state index < -0.39 is 0 Å². The Morgan fingerprint density at radius 1 is 1.36 bits per heavy atom. The number of nitrogen functional groups attached to an aromatic ring is 1. The van der Waals surface area contributed by atoms with Crippen LogP contribution in [0.2, 0.25) is 0 Å². The van der Waals surface area contributed by atoms with Crippen molar-refractivity contribution in [2.75, 3.05) is 5.73 Å². The highest BCUT2D eigenvalue weighted by Crippen LogP contribution is 2.10. The van der Waals surface area contributed by atoms with Crippen LogP contribution in [0, 0.1) is 11.3 Å². The van der Waals surface area contributed by atoms with Gasteiger partial charge in [0.05, 0.1) is 11.6 Å². The van der Waals surface area contributed by atoms with E-state index in [-0.39, 0.29) is 0 Å². The zero-order chi connectivity index (χ0) is 8.27. The minimum absolute atomic E-state index is 0.416. The Balaban J connectivity index is 3.15. The molecule has 4 N–H and O–H groups in total. The topological polar surface area (TPSA) is 75.8 Å². The molecule has 1 aromatic carbocycles. The third kappa shape index (κ3) is 1.69. The second-order valence-corrected chi connectivity index (χ2v) is 2.28. The highest BCUT2D eigenvalue weighted by molar-refractivity contribution is 5.48. The van der Waals surface area contributed by atoms with E-state index in [1.165, 1.54) is 0 Å². The van der Waals surface area contributed by atoms with Crippen molar-refractivity contribution < 1.29 is 0 Å². The van der Waals surface area contributed by atoms with E-state index in [0.717, 1.165) is 5.56 Å². The second kappa shape index (κ2) is 3.04. The molecule has 0 bridgehead atoms. The zero-order valence-corrected chi connectivity index (χ0v) is 6.04. The fraction of sp³-hybridized carbons (Fsp3) is 0.125. The molecule has 1 aromatic rings. The van der Waals surface area contributed by atoms with E-state index in [1.54, 1.807) is 18.2 Å². The van der Waals surface area contributed by atoms with E-state index in [1.807, 2.05) is 6.07 Å². The molecule has 0 fully saturated rings. The number of nitrogens with zero attached hydrogens (tertiary/aromatic N) is 1. The van der Waals surface area contributed by atoms with Gasteiger partial charge in [0.1, 0.15) is 0 Å². The van der Waals surface area contributed by atoms with Crippen LogP contribution in [-0.2, 0) is 6.54 Å². The summed E-state index contributed by atoms with van der Waals surface area (Å²) in [6.07, 6.45) is 0. The summed E-state index contributed by atoms with van der Waals surface area (Å²) in [6.45, 7) is 0.416. The molecule has 1 rings (SSSR count). The normalized spacial score (nSPS) is 9.09. The van der Waals surface area contributed by atoms with Gasteiger partial charge in [0, 0.05) is 12.2 Å². The van der Waals surface area contributed by atoms with Gasteiger partial charge >= 0.3 is 0 Å². The van der Waals surface area contributed by atoms with Crippen molar-refractivity contribution >= 4 is 5.69 Å². The van der Waals surface area contributed by atoms with Crippen LogP contribution in [0.1, 0.15) is 11.1 Å². The average molecular weight is 147 g/mol. The van der Waals surface area contributed by atoms with E-state index in [9.17, 15) is 0 Å². The maximum absolute atomic E-state index is 8.54. The van der Waals surface area contributed by atoms with Gasteiger partial charge in [0.15, 0.2) is 0 Å². The molecule has 0 saturated carbocycles. The number of nitrogens with two attached hydrogens (primary N) is 2. The molecule has 0 amide bonds. The molecule has 0 aliphatic heterocycles. The Morgan fingerprint density at radius 3 is 2.64 bits per heavy atom. The van der Waals surface area contributed by atoms with Crippen LogP contribution in [0.5, 0.6) is 0 Å². The Labute approximate surface area is 65.2 Å². The quantitative estimate of drug-likeness (QED) is 0.571.